The van der Waals surface area contributed by atoms with Gasteiger partial charge in [0.1, 0.15) is 11.5 Å². The third-order valence-electron chi connectivity index (χ3n) is 4.36. The Morgan fingerprint density at radius 2 is 2.12 bits per heavy atom. The van der Waals surface area contributed by atoms with Crippen molar-refractivity contribution in [3.05, 3.63) is 29.7 Å². The molecule has 1 aliphatic rings. The predicted molar refractivity (Wildman–Crippen MR) is 90.6 cm³/mol. The summed E-state index contributed by atoms with van der Waals surface area (Å²) in [6, 6.07) is 6.19. The summed E-state index contributed by atoms with van der Waals surface area (Å²) in [5.74, 6) is 2.95. The third kappa shape index (κ3) is 3.31. The van der Waals surface area contributed by atoms with E-state index in [0.717, 1.165) is 36.4 Å². The number of hydrogen-bond acceptors (Lipinski definition) is 7. The van der Waals surface area contributed by atoms with Crippen molar-refractivity contribution in [1.29, 1.82) is 0 Å². The van der Waals surface area contributed by atoms with Gasteiger partial charge in [-0.3, -0.25) is 4.90 Å². The summed E-state index contributed by atoms with van der Waals surface area (Å²) in [4.78, 5) is 8.61. The zero-order valence-corrected chi connectivity index (χ0v) is 14.7. The second-order valence-electron chi connectivity index (χ2n) is 6.12. The molecular weight excluding hydrogens is 308 g/mol. The predicted octanol–water partition coefficient (Wildman–Crippen LogP) is 2.49. The fourth-order valence-corrected chi connectivity index (χ4v) is 3.13. The van der Waals surface area contributed by atoms with Crippen LogP contribution in [-0.2, 0) is 6.54 Å². The smallest absolute Gasteiger partial charge is 0.265 e. The molecule has 1 aromatic heterocycles. The van der Waals surface area contributed by atoms with E-state index in [9.17, 15) is 0 Å². The highest BCUT2D eigenvalue weighted by molar-refractivity contribution is 5.42. The fourth-order valence-electron chi connectivity index (χ4n) is 3.13. The molecule has 130 valence electrons. The Bertz CT molecular complexity index is 686. The van der Waals surface area contributed by atoms with E-state index in [1.165, 1.54) is 0 Å². The van der Waals surface area contributed by atoms with Crippen LogP contribution in [0.25, 0.3) is 0 Å². The lowest BCUT2D eigenvalue weighted by molar-refractivity contribution is 0.209. The molecule has 24 heavy (non-hydrogen) atoms. The minimum Gasteiger partial charge on any atom is -0.497 e. The van der Waals surface area contributed by atoms with Crippen molar-refractivity contribution in [2.24, 2.45) is 0 Å². The molecule has 2 aromatic rings. The van der Waals surface area contributed by atoms with Crippen molar-refractivity contribution in [2.45, 2.75) is 25.4 Å². The van der Waals surface area contributed by atoms with Crippen LogP contribution in [0.5, 0.6) is 11.5 Å². The summed E-state index contributed by atoms with van der Waals surface area (Å²) in [5, 5.41) is 3.99. The normalized spacial score (nSPS) is 17.9. The number of aromatic nitrogens is 2. The highest BCUT2D eigenvalue weighted by Gasteiger charge is 2.30. The molecule has 0 spiro atoms. The van der Waals surface area contributed by atoms with Gasteiger partial charge in [0.15, 0.2) is 0 Å². The molecule has 7 nitrogen and oxygen atoms in total. The molecule has 1 saturated heterocycles. The third-order valence-corrected chi connectivity index (χ3v) is 4.36. The number of benzene rings is 1. The van der Waals surface area contributed by atoms with Crippen LogP contribution >= 0.6 is 0 Å². The standard InChI is InChI=1S/C17H24N4O3/c1-20(2)17-18-16(24-19-17)11-21-9-5-6-14(21)13-10-12(22-3)7-8-15(13)23-4/h7-8,10,14H,5-6,9,11H2,1-4H3/t14-/m1/s1. The first kappa shape index (κ1) is 16.6. The number of anilines is 1. The maximum atomic E-state index is 5.55. The minimum absolute atomic E-state index is 0.254. The summed E-state index contributed by atoms with van der Waals surface area (Å²) in [5.41, 5.74) is 1.14. The van der Waals surface area contributed by atoms with Crippen LogP contribution in [0.15, 0.2) is 22.7 Å². The van der Waals surface area contributed by atoms with Crippen molar-refractivity contribution in [2.75, 3.05) is 39.8 Å². The number of methoxy groups -OCH3 is 2. The first-order chi connectivity index (χ1) is 11.6. The van der Waals surface area contributed by atoms with E-state index < -0.39 is 0 Å². The van der Waals surface area contributed by atoms with E-state index in [2.05, 4.69) is 21.1 Å². The molecule has 0 amide bonds. The molecule has 0 N–H and O–H groups in total. The monoisotopic (exact) mass is 332 g/mol. The second-order valence-corrected chi connectivity index (χ2v) is 6.12. The number of ether oxygens (including phenoxy) is 2. The molecule has 0 unspecified atom stereocenters. The van der Waals surface area contributed by atoms with Gasteiger partial charge in [0.05, 0.1) is 20.8 Å². The molecule has 1 atom stereocenters. The van der Waals surface area contributed by atoms with Crippen LogP contribution in [0, 0.1) is 0 Å². The summed E-state index contributed by atoms with van der Waals surface area (Å²) in [6.07, 6.45) is 2.19. The van der Waals surface area contributed by atoms with Crippen LogP contribution in [0.4, 0.5) is 5.95 Å². The largest absolute Gasteiger partial charge is 0.497 e. The summed E-state index contributed by atoms with van der Waals surface area (Å²) in [7, 11) is 7.17. The summed E-state index contributed by atoms with van der Waals surface area (Å²) < 4.78 is 16.3. The zero-order chi connectivity index (χ0) is 17.1. The molecule has 1 aliphatic heterocycles. The molecule has 1 fully saturated rings. The van der Waals surface area contributed by atoms with E-state index in [4.69, 9.17) is 14.0 Å². The Balaban J connectivity index is 1.82. The highest BCUT2D eigenvalue weighted by Crippen LogP contribution is 2.39. The van der Waals surface area contributed by atoms with Gasteiger partial charge in [-0.25, -0.2) is 0 Å². The average Bonchev–Trinajstić information content (AvgIpc) is 3.24. The molecular formula is C17H24N4O3. The molecule has 0 aliphatic carbocycles. The SMILES string of the molecule is COc1ccc(OC)c([C@H]2CCCN2Cc2nc(N(C)C)no2)c1. The van der Waals surface area contributed by atoms with Gasteiger partial charge in [0.25, 0.3) is 5.95 Å². The van der Waals surface area contributed by atoms with Crippen molar-refractivity contribution in [3.63, 3.8) is 0 Å². The lowest BCUT2D eigenvalue weighted by atomic mass is 10.0. The zero-order valence-electron chi connectivity index (χ0n) is 14.7. The van der Waals surface area contributed by atoms with Crippen molar-refractivity contribution >= 4 is 5.95 Å². The number of rotatable bonds is 6. The van der Waals surface area contributed by atoms with Gasteiger partial charge >= 0.3 is 0 Å². The topological polar surface area (TPSA) is 63.9 Å². The van der Waals surface area contributed by atoms with E-state index >= 15 is 0 Å². The Hall–Kier alpha value is -2.28. The first-order valence-electron chi connectivity index (χ1n) is 8.08. The van der Waals surface area contributed by atoms with Crippen LogP contribution in [0.1, 0.15) is 30.3 Å². The summed E-state index contributed by atoms with van der Waals surface area (Å²) in [6.45, 7) is 1.62. The highest BCUT2D eigenvalue weighted by atomic mass is 16.5. The molecule has 1 aromatic carbocycles. The number of nitrogens with zero attached hydrogens (tertiary/aromatic N) is 4. The van der Waals surface area contributed by atoms with Gasteiger partial charge in [-0.15, -0.1) is 0 Å². The van der Waals surface area contributed by atoms with Crippen molar-refractivity contribution in [3.8, 4) is 11.5 Å². The maximum absolute atomic E-state index is 5.55. The van der Waals surface area contributed by atoms with Gasteiger partial charge in [0.2, 0.25) is 5.89 Å². The van der Waals surface area contributed by atoms with Crippen LogP contribution in [-0.4, -0.2) is 49.9 Å². The Labute approximate surface area is 142 Å². The van der Waals surface area contributed by atoms with E-state index in [-0.39, 0.29) is 6.04 Å². The molecule has 0 radical (unpaired) electrons. The van der Waals surface area contributed by atoms with Gasteiger partial charge < -0.3 is 18.9 Å². The summed E-state index contributed by atoms with van der Waals surface area (Å²) >= 11 is 0. The molecule has 2 heterocycles. The fraction of sp³-hybridized carbons (Fsp3) is 0.529. The van der Waals surface area contributed by atoms with E-state index in [1.54, 1.807) is 14.2 Å². The van der Waals surface area contributed by atoms with Gasteiger partial charge in [-0.05, 0) is 42.7 Å². The van der Waals surface area contributed by atoms with Gasteiger partial charge in [-0.1, -0.05) is 0 Å². The Kier molecular flexibility index (Phi) is 4.89. The second kappa shape index (κ2) is 7.09. The maximum Gasteiger partial charge on any atom is 0.265 e. The average molecular weight is 332 g/mol. The van der Waals surface area contributed by atoms with E-state index in [0.29, 0.717) is 18.4 Å². The molecule has 0 bridgehead atoms. The molecule has 7 heteroatoms. The first-order valence-corrected chi connectivity index (χ1v) is 8.08. The van der Waals surface area contributed by atoms with Gasteiger partial charge in [0, 0.05) is 25.7 Å². The van der Waals surface area contributed by atoms with Crippen LogP contribution < -0.4 is 14.4 Å². The Morgan fingerprint density at radius 3 is 2.79 bits per heavy atom. The lowest BCUT2D eigenvalue weighted by Gasteiger charge is -2.25. The minimum atomic E-state index is 0.254. The van der Waals surface area contributed by atoms with Gasteiger partial charge in [-0.2, -0.15) is 4.98 Å². The quantitative estimate of drug-likeness (QED) is 0.805. The van der Waals surface area contributed by atoms with Crippen LogP contribution in [0.3, 0.4) is 0 Å². The number of hydrogen-bond donors (Lipinski definition) is 0. The van der Waals surface area contributed by atoms with Crippen molar-refractivity contribution < 1.29 is 14.0 Å². The lowest BCUT2D eigenvalue weighted by Crippen LogP contribution is -2.23. The van der Waals surface area contributed by atoms with Crippen molar-refractivity contribution in [1.82, 2.24) is 15.0 Å². The van der Waals surface area contributed by atoms with Crippen LogP contribution in [0.2, 0.25) is 0 Å². The number of likely N-dealkylation sites (tertiary alicyclic amines) is 1. The van der Waals surface area contributed by atoms with E-state index in [1.807, 2.05) is 31.1 Å². The molecule has 0 saturated carbocycles. The molecule has 3 rings (SSSR count). The Morgan fingerprint density at radius 1 is 1.29 bits per heavy atom.